The van der Waals surface area contributed by atoms with Crippen LogP contribution >= 0.6 is 0 Å². The SMILES string of the molecule is CCOC(=O)C(CC)C(C)OC(=O)/C=C/c1ccccc1. The average Bonchev–Trinajstić information content (AvgIpc) is 2.47. The maximum atomic E-state index is 11.8. The van der Waals surface area contributed by atoms with Gasteiger partial charge in [0.25, 0.3) is 0 Å². The summed E-state index contributed by atoms with van der Waals surface area (Å²) in [6, 6.07) is 9.47. The van der Waals surface area contributed by atoms with Crippen LogP contribution in [0.2, 0.25) is 0 Å². The fourth-order valence-electron chi connectivity index (χ4n) is 1.97. The Morgan fingerprint density at radius 3 is 2.43 bits per heavy atom. The molecule has 1 rings (SSSR count). The quantitative estimate of drug-likeness (QED) is 0.571. The van der Waals surface area contributed by atoms with Gasteiger partial charge in [-0.15, -0.1) is 0 Å². The molecule has 1 aromatic rings. The van der Waals surface area contributed by atoms with Crippen molar-refractivity contribution in [3.05, 3.63) is 42.0 Å². The molecule has 0 heterocycles. The molecule has 0 bridgehead atoms. The highest BCUT2D eigenvalue weighted by molar-refractivity contribution is 5.87. The van der Waals surface area contributed by atoms with Gasteiger partial charge >= 0.3 is 11.9 Å². The van der Waals surface area contributed by atoms with Crippen molar-refractivity contribution in [2.75, 3.05) is 6.61 Å². The molecule has 0 aliphatic heterocycles. The number of benzene rings is 1. The van der Waals surface area contributed by atoms with Crippen molar-refractivity contribution in [1.82, 2.24) is 0 Å². The molecule has 21 heavy (non-hydrogen) atoms. The smallest absolute Gasteiger partial charge is 0.331 e. The van der Waals surface area contributed by atoms with Gasteiger partial charge in [-0.3, -0.25) is 4.79 Å². The van der Waals surface area contributed by atoms with E-state index in [0.717, 1.165) is 5.56 Å². The topological polar surface area (TPSA) is 52.6 Å². The zero-order chi connectivity index (χ0) is 15.7. The van der Waals surface area contributed by atoms with Crippen LogP contribution in [-0.2, 0) is 19.1 Å². The minimum Gasteiger partial charge on any atom is -0.466 e. The summed E-state index contributed by atoms with van der Waals surface area (Å²) in [5, 5.41) is 0. The fourth-order valence-corrected chi connectivity index (χ4v) is 1.97. The highest BCUT2D eigenvalue weighted by Gasteiger charge is 2.27. The summed E-state index contributed by atoms with van der Waals surface area (Å²) in [7, 11) is 0. The zero-order valence-corrected chi connectivity index (χ0v) is 12.7. The van der Waals surface area contributed by atoms with E-state index in [0.29, 0.717) is 13.0 Å². The van der Waals surface area contributed by atoms with Gasteiger partial charge < -0.3 is 9.47 Å². The molecule has 0 fully saturated rings. The Balaban J connectivity index is 2.56. The molecular formula is C17H22O4. The Hall–Kier alpha value is -2.10. The van der Waals surface area contributed by atoms with Crippen molar-refractivity contribution in [3.8, 4) is 0 Å². The summed E-state index contributed by atoms with van der Waals surface area (Å²) in [4.78, 5) is 23.5. The van der Waals surface area contributed by atoms with Gasteiger partial charge in [-0.1, -0.05) is 37.3 Å². The second-order valence-corrected chi connectivity index (χ2v) is 4.65. The lowest BCUT2D eigenvalue weighted by Gasteiger charge is -2.20. The number of carbonyl (C=O) groups is 2. The van der Waals surface area contributed by atoms with E-state index < -0.39 is 18.0 Å². The summed E-state index contributed by atoms with van der Waals surface area (Å²) in [5.74, 6) is -1.22. The van der Waals surface area contributed by atoms with Gasteiger partial charge in [0, 0.05) is 6.08 Å². The minimum atomic E-state index is -0.512. The first-order valence-electron chi connectivity index (χ1n) is 7.18. The highest BCUT2D eigenvalue weighted by Crippen LogP contribution is 2.15. The molecule has 1 aromatic carbocycles. The number of carbonyl (C=O) groups excluding carboxylic acids is 2. The first-order chi connectivity index (χ1) is 10.1. The maximum absolute atomic E-state index is 11.8. The van der Waals surface area contributed by atoms with Crippen molar-refractivity contribution in [2.24, 2.45) is 5.92 Å². The van der Waals surface area contributed by atoms with Crippen molar-refractivity contribution >= 4 is 18.0 Å². The second kappa shape index (κ2) is 8.95. The molecule has 4 heteroatoms. The molecule has 0 aliphatic carbocycles. The third-order valence-corrected chi connectivity index (χ3v) is 3.11. The van der Waals surface area contributed by atoms with Crippen LogP contribution in [-0.4, -0.2) is 24.6 Å². The van der Waals surface area contributed by atoms with Gasteiger partial charge in [-0.2, -0.15) is 0 Å². The lowest BCUT2D eigenvalue weighted by atomic mass is 10.0. The summed E-state index contributed by atoms with van der Waals surface area (Å²) in [6.07, 6.45) is 3.10. The van der Waals surface area contributed by atoms with Crippen LogP contribution < -0.4 is 0 Å². The molecule has 0 radical (unpaired) electrons. The molecule has 0 aromatic heterocycles. The molecule has 0 saturated carbocycles. The molecule has 2 unspecified atom stereocenters. The van der Waals surface area contributed by atoms with Gasteiger partial charge in [0.15, 0.2) is 0 Å². The second-order valence-electron chi connectivity index (χ2n) is 4.65. The third kappa shape index (κ3) is 5.81. The van der Waals surface area contributed by atoms with E-state index in [1.807, 2.05) is 37.3 Å². The number of rotatable bonds is 7. The first-order valence-corrected chi connectivity index (χ1v) is 7.18. The van der Waals surface area contributed by atoms with Crippen LogP contribution in [0, 0.1) is 5.92 Å². The number of ether oxygens (including phenoxy) is 2. The van der Waals surface area contributed by atoms with Gasteiger partial charge in [-0.25, -0.2) is 4.79 Å². The predicted molar refractivity (Wildman–Crippen MR) is 81.4 cm³/mol. The lowest BCUT2D eigenvalue weighted by molar-refractivity contribution is -0.158. The Morgan fingerprint density at radius 2 is 1.86 bits per heavy atom. The van der Waals surface area contributed by atoms with Crippen LogP contribution in [0.1, 0.15) is 32.8 Å². The first kappa shape index (κ1) is 17.0. The number of hydrogen-bond acceptors (Lipinski definition) is 4. The maximum Gasteiger partial charge on any atom is 0.331 e. The Kier molecular flexibility index (Phi) is 7.23. The summed E-state index contributed by atoms with van der Waals surface area (Å²) in [6.45, 7) is 5.65. The van der Waals surface area contributed by atoms with Crippen molar-refractivity contribution in [1.29, 1.82) is 0 Å². The molecular weight excluding hydrogens is 268 g/mol. The Morgan fingerprint density at radius 1 is 1.19 bits per heavy atom. The van der Waals surface area contributed by atoms with E-state index in [1.54, 1.807) is 19.9 Å². The Labute approximate surface area is 125 Å². The normalized spacial score (nSPS) is 13.7. The summed E-state index contributed by atoms with van der Waals surface area (Å²) >= 11 is 0. The van der Waals surface area contributed by atoms with Crippen LogP contribution in [0.3, 0.4) is 0 Å². The van der Waals surface area contributed by atoms with Crippen molar-refractivity contribution < 1.29 is 19.1 Å². The van der Waals surface area contributed by atoms with Crippen LogP contribution in [0.25, 0.3) is 6.08 Å². The highest BCUT2D eigenvalue weighted by atomic mass is 16.6. The van der Waals surface area contributed by atoms with Gasteiger partial charge in [0.1, 0.15) is 6.10 Å². The summed E-state index contributed by atoms with van der Waals surface area (Å²) in [5.41, 5.74) is 0.916. The van der Waals surface area contributed by atoms with E-state index in [-0.39, 0.29) is 5.97 Å². The minimum absolute atomic E-state index is 0.323. The van der Waals surface area contributed by atoms with Crippen molar-refractivity contribution in [3.63, 3.8) is 0 Å². The van der Waals surface area contributed by atoms with Gasteiger partial charge in [0.05, 0.1) is 12.5 Å². The zero-order valence-electron chi connectivity index (χ0n) is 12.7. The van der Waals surface area contributed by atoms with Crippen LogP contribution in [0.15, 0.2) is 36.4 Å². The van der Waals surface area contributed by atoms with Crippen LogP contribution in [0.4, 0.5) is 0 Å². The molecule has 4 nitrogen and oxygen atoms in total. The average molecular weight is 290 g/mol. The molecule has 114 valence electrons. The molecule has 0 spiro atoms. The molecule has 0 saturated heterocycles. The van der Waals surface area contributed by atoms with Gasteiger partial charge in [0.2, 0.25) is 0 Å². The largest absolute Gasteiger partial charge is 0.466 e. The van der Waals surface area contributed by atoms with Crippen LogP contribution in [0.5, 0.6) is 0 Å². The fraction of sp³-hybridized carbons (Fsp3) is 0.412. The third-order valence-electron chi connectivity index (χ3n) is 3.11. The van der Waals surface area contributed by atoms with E-state index in [9.17, 15) is 9.59 Å². The number of esters is 2. The summed E-state index contributed by atoms with van der Waals surface area (Å²) < 4.78 is 10.2. The van der Waals surface area contributed by atoms with Crippen molar-refractivity contribution in [2.45, 2.75) is 33.3 Å². The molecule has 0 N–H and O–H groups in total. The standard InChI is InChI=1S/C17H22O4/c1-4-15(17(19)20-5-2)13(3)21-16(18)12-11-14-9-7-6-8-10-14/h6-13,15H,4-5H2,1-3H3/b12-11+. The molecule has 2 atom stereocenters. The van der Waals surface area contributed by atoms with Gasteiger partial charge in [-0.05, 0) is 31.9 Å². The number of hydrogen-bond donors (Lipinski definition) is 0. The predicted octanol–water partition coefficient (Wildman–Crippen LogP) is 3.22. The van der Waals surface area contributed by atoms with E-state index >= 15 is 0 Å². The van der Waals surface area contributed by atoms with E-state index in [2.05, 4.69) is 0 Å². The monoisotopic (exact) mass is 290 g/mol. The van der Waals surface area contributed by atoms with E-state index in [1.165, 1.54) is 6.08 Å². The molecule has 0 aliphatic rings. The van der Waals surface area contributed by atoms with E-state index in [4.69, 9.17) is 9.47 Å². The molecule has 0 amide bonds. The Bertz CT molecular complexity index is 479. The lowest BCUT2D eigenvalue weighted by Crippen LogP contribution is -2.31.